The van der Waals surface area contributed by atoms with E-state index < -0.39 is 0 Å². The monoisotopic (exact) mass is 149 g/mol. The van der Waals surface area contributed by atoms with Crippen LogP contribution >= 0.6 is 0 Å². The van der Waals surface area contributed by atoms with Gasteiger partial charge in [0.25, 0.3) is 5.95 Å². The molecule has 0 aliphatic carbocycles. The van der Waals surface area contributed by atoms with E-state index in [0.29, 0.717) is 11.1 Å². The van der Waals surface area contributed by atoms with Gasteiger partial charge in [0.15, 0.2) is 0 Å². The highest BCUT2D eigenvalue weighted by Gasteiger charge is 2.05. The second-order valence-corrected chi connectivity index (χ2v) is 2.35. The Morgan fingerprint density at radius 1 is 1.36 bits per heavy atom. The zero-order valence-electron chi connectivity index (χ0n) is 5.74. The number of furan rings is 1. The van der Waals surface area contributed by atoms with Crippen molar-refractivity contribution >= 4 is 16.5 Å². The van der Waals surface area contributed by atoms with Crippen molar-refractivity contribution in [2.75, 3.05) is 5.73 Å². The molecule has 0 aliphatic heterocycles. The fourth-order valence-corrected chi connectivity index (χ4v) is 1.11. The first-order valence-electron chi connectivity index (χ1n) is 3.23. The molecule has 0 aliphatic rings. The Morgan fingerprint density at radius 2 is 2.18 bits per heavy atom. The average Bonchev–Trinajstić information content (AvgIpc) is 2.34. The molecular formula is C8H7NO2. The summed E-state index contributed by atoms with van der Waals surface area (Å²) in [6, 6.07) is 5.36. The van der Waals surface area contributed by atoms with Crippen LogP contribution in [0.4, 0.5) is 5.69 Å². The molecule has 0 unspecified atom stereocenters. The van der Waals surface area contributed by atoms with Crippen LogP contribution in [0.25, 0.3) is 10.8 Å². The number of fused-ring (bicyclic) bond motifs is 1. The predicted octanol–water partition coefficient (Wildman–Crippen LogP) is 1.72. The van der Waals surface area contributed by atoms with Crippen molar-refractivity contribution in [1.82, 2.24) is 0 Å². The van der Waals surface area contributed by atoms with Crippen molar-refractivity contribution in [2.45, 2.75) is 0 Å². The lowest BCUT2D eigenvalue weighted by Crippen LogP contribution is -1.83. The van der Waals surface area contributed by atoms with E-state index in [9.17, 15) is 0 Å². The third kappa shape index (κ3) is 0.741. The summed E-state index contributed by atoms with van der Waals surface area (Å²) in [5.41, 5.74) is 6.12. The van der Waals surface area contributed by atoms with Crippen molar-refractivity contribution in [3.63, 3.8) is 0 Å². The molecule has 1 heterocycles. The smallest absolute Gasteiger partial charge is 0.292 e. The number of nitrogen functional groups attached to an aromatic ring is 1. The van der Waals surface area contributed by atoms with Crippen molar-refractivity contribution in [3.05, 3.63) is 24.5 Å². The number of anilines is 1. The van der Waals surface area contributed by atoms with Gasteiger partial charge in [0, 0.05) is 11.1 Å². The SMILES string of the molecule is Nc1cccc2coc(O)c12. The van der Waals surface area contributed by atoms with E-state index in [4.69, 9.17) is 15.3 Å². The largest absolute Gasteiger partial charge is 0.480 e. The molecule has 3 N–H and O–H groups in total. The standard InChI is InChI=1S/C8H7NO2/c9-6-3-1-2-5-4-11-8(10)7(5)6/h1-4,10H,9H2. The quantitative estimate of drug-likeness (QED) is 0.560. The number of hydrogen-bond donors (Lipinski definition) is 2. The number of aromatic hydroxyl groups is 1. The Hall–Kier alpha value is -1.64. The van der Waals surface area contributed by atoms with E-state index >= 15 is 0 Å². The van der Waals surface area contributed by atoms with Crippen molar-refractivity contribution in [2.24, 2.45) is 0 Å². The van der Waals surface area contributed by atoms with E-state index in [1.54, 1.807) is 6.07 Å². The molecule has 0 radical (unpaired) electrons. The van der Waals surface area contributed by atoms with Gasteiger partial charge in [0.1, 0.15) is 6.26 Å². The van der Waals surface area contributed by atoms with Crippen LogP contribution in [0.2, 0.25) is 0 Å². The first-order valence-corrected chi connectivity index (χ1v) is 3.23. The van der Waals surface area contributed by atoms with Crippen LogP contribution in [-0.2, 0) is 0 Å². The Kier molecular flexibility index (Phi) is 1.06. The second kappa shape index (κ2) is 1.92. The van der Waals surface area contributed by atoms with E-state index in [0.717, 1.165) is 5.39 Å². The summed E-state index contributed by atoms with van der Waals surface area (Å²) in [5, 5.41) is 10.6. The third-order valence-electron chi connectivity index (χ3n) is 1.64. The first kappa shape index (κ1) is 6.09. The molecule has 0 fully saturated rings. The van der Waals surface area contributed by atoms with Crippen LogP contribution in [0.3, 0.4) is 0 Å². The minimum atomic E-state index is -0.113. The molecular weight excluding hydrogens is 142 g/mol. The van der Waals surface area contributed by atoms with E-state index in [1.165, 1.54) is 6.26 Å². The fourth-order valence-electron chi connectivity index (χ4n) is 1.11. The van der Waals surface area contributed by atoms with Gasteiger partial charge in [0.05, 0.1) is 5.39 Å². The highest BCUT2D eigenvalue weighted by Crippen LogP contribution is 2.30. The molecule has 0 atom stereocenters. The topological polar surface area (TPSA) is 59.4 Å². The van der Waals surface area contributed by atoms with Crippen LogP contribution in [0, 0.1) is 0 Å². The van der Waals surface area contributed by atoms with Crippen LogP contribution in [0.5, 0.6) is 5.95 Å². The number of rotatable bonds is 0. The lowest BCUT2D eigenvalue weighted by atomic mass is 10.2. The summed E-state index contributed by atoms with van der Waals surface area (Å²) >= 11 is 0. The molecule has 56 valence electrons. The molecule has 11 heavy (non-hydrogen) atoms. The normalized spacial score (nSPS) is 10.5. The van der Waals surface area contributed by atoms with Crippen molar-refractivity contribution in [1.29, 1.82) is 0 Å². The van der Waals surface area contributed by atoms with Gasteiger partial charge in [-0.25, -0.2) is 0 Å². The Morgan fingerprint density at radius 3 is 2.91 bits per heavy atom. The Balaban J connectivity index is 2.96. The number of nitrogens with two attached hydrogens (primary N) is 1. The highest BCUT2D eigenvalue weighted by atomic mass is 16.5. The van der Waals surface area contributed by atoms with Gasteiger partial charge in [-0.3, -0.25) is 0 Å². The van der Waals surface area contributed by atoms with Gasteiger partial charge in [-0.05, 0) is 6.07 Å². The van der Waals surface area contributed by atoms with E-state index in [1.807, 2.05) is 12.1 Å². The molecule has 3 heteroatoms. The average molecular weight is 149 g/mol. The third-order valence-corrected chi connectivity index (χ3v) is 1.64. The first-order chi connectivity index (χ1) is 5.29. The highest BCUT2D eigenvalue weighted by molar-refractivity contribution is 5.96. The lowest BCUT2D eigenvalue weighted by Gasteiger charge is -1.92. The maximum Gasteiger partial charge on any atom is 0.292 e. The minimum absolute atomic E-state index is 0.113. The maximum absolute atomic E-state index is 9.15. The zero-order chi connectivity index (χ0) is 7.84. The van der Waals surface area contributed by atoms with Gasteiger partial charge >= 0.3 is 0 Å². The molecule has 0 bridgehead atoms. The summed E-state index contributed by atoms with van der Waals surface area (Å²) < 4.78 is 4.77. The summed E-state index contributed by atoms with van der Waals surface area (Å²) in [5.74, 6) is -0.113. The van der Waals surface area contributed by atoms with Crippen LogP contribution in [-0.4, -0.2) is 5.11 Å². The lowest BCUT2D eigenvalue weighted by molar-refractivity contribution is 0.338. The predicted molar refractivity (Wildman–Crippen MR) is 42.3 cm³/mol. The van der Waals surface area contributed by atoms with Crippen LogP contribution in [0.1, 0.15) is 0 Å². The molecule has 0 saturated heterocycles. The molecule has 1 aromatic heterocycles. The molecule has 2 aromatic rings. The maximum atomic E-state index is 9.15. The number of hydrogen-bond acceptors (Lipinski definition) is 3. The molecule has 0 spiro atoms. The second-order valence-electron chi connectivity index (χ2n) is 2.35. The van der Waals surface area contributed by atoms with Gasteiger partial charge < -0.3 is 15.3 Å². The van der Waals surface area contributed by atoms with Crippen molar-refractivity contribution in [3.8, 4) is 5.95 Å². The molecule has 3 nitrogen and oxygen atoms in total. The van der Waals surface area contributed by atoms with Gasteiger partial charge in [-0.15, -0.1) is 0 Å². The van der Waals surface area contributed by atoms with Gasteiger partial charge in [-0.1, -0.05) is 12.1 Å². The van der Waals surface area contributed by atoms with Crippen LogP contribution in [0.15, 0.2) is 28.9 Å². The summed E-state index contributed by atoms with van der Waals surface area (Å²) in [6.07, 6.45) is 1.47. The Bertz CT molecular complexity index is 392. The summed E-state index contributed by atoms with van der Waals surface area (Å²) in [4.78, 5) is 0. The molecule has 1 aromatic carbocycles. The zero-order valence-corrected chi connectivity index (χ0v) is 5.74. The van der Waals surface area contributed by atoms with Crippen molar-refractivity contribution < 1.29 is 9.52 Å². The minimum Gasteiger partial charge on any atom is -0.480 e. The summed E-state index contributed by atoms with van der Waals surface area (Å²) in [7, 11) is 0. The fraction of sp³-hybridized carbons (Fsp3) is 0. The van der Waals surface area contributed by atoms with E-state index in [2.05, 4.69) is 0 Å². The van der Waals surface area contributed by atoms with Crippen LogP contribution < -0.4 is 5.73 Å². The number of benzene rings is 1. The Labute approximate surface area is 63.0 Å². The van der Waals surface area contributed by atoms with Gasteiger partial charge in [0.2, 0.25) is 0 Å². The summed E-state index contributed by atoms with van der Waals surface area (Å²) in [6.45, 7) is 0. The van der Waals surface area contributed by atoms with E-state index in [-0.39, 0.29) is 5.95 Å². The molecule has 0 amide bonds. The van der Waals surface area contributed by atoms with Gasteiger partial charge in [-0.2, -0.15) is 0 Å². The molecule has 2 rings (SSSR count). The molecule has 0 saturated carbocycles.